The van der Waals surface area contributed by atoms with Gasteiger partial charge >= 0.3 is 0 Å². The number of nitrogens with one attached hydrogen (secondary N) is 1. The number of carbonyl (C=O) groups is 1. The van der Waals surface area contributed by atoms with E-state index >= 15 is 0 Å². The maximum atomic E-state index is 13.7. The van der Waals surface area contributed by atoms with Crippen molar-refractivity contribution in [1.29, 1.82) is 0 Å². The Balaban J connectivity index is 1.92. The summed E-state index contributed by atoms with van der Waals surface area (Å²) >= 11 is 3.09. The van der Waals surface area contributed by atoms with Crippen molar-refractivity contribution in [2.24, 2.45) is 0 Å². The number of benzene rings is 2. The van der Waals surface area contributed by atoms with E-state index in [-0.39, 0.29) is 11.5 Å². The van der Waals surface area contributed by atoms with Gasteiger partial charge in [0, 0.05) is 11.8 Å². The van der Waals surface area contributed by atoms with Crippen LogP contribution in [-0.4, -0.2) is 10.9 Å². The summed E-state index contributed by atoms with van der Waals surface area (Å²) in [6.07, 6.45) is 1.68. The molecule has 0 saturated heterocycles. The number of rotatable bonds is 4. The Kier molecular flexibility index (Phi) is 5.01. The number of hydrogen-bond acceptors (Lipinski definition) is 2. The average Bonchev–Trinajstić information content (AvgIpc) is 2.63. The van der Waals surface area contributed by atoms with Crippen molar-refractivity contribution in [3.63, 3.8) is 0 Å². The first-order chi connectivity index (χ1) is 11.6. The molecule has 1 atom stereocenters. The minimum Gasteiger partial charge on any atom is -0.340 e. The first-order valence-electron chi connectivity index (χ1n) is 7.37. The van der Waals surface area contributed by atoms with Gasteiger partial charge in [-0.1, -0.05) is 36.4 Å². The van der Waals surface area contributed by atoms with Crippen LogP contribution < -0.4 is 5.32 Å². The number of nitrogens with zero attached hydrogens (tertiary/aromatic N) is 1. The molecular formula is C19H14BrFN2O. The molecule has 1 amide bonds. The van der Waals surface area contributed by atoms with Crippen LogP contribution in [0.15, 0.2) is 77.4 Å². The fourth-order valence-electron chi connectivity index (χ4n) is 2.37. The van der Waals surface area contributed by atoms with E-state index < -0.39 is 11.9 Å². The number of halogens is 2. The smallest absolute Gasteiger partial charge is 0.252 e. The topological polar surface area (TPSA) is 42.0 Å². The number of hydrogen-bond donors (Lipinski definition) is 1. The molecule has 0 aliphatic heterocycles. The molecule has 24 heavy (non-hydrogen) atoms. The minimum absolute atomic E-state index is 0.257. The Morgan fingerprint density at radius 3 is 2.46 bits per heavy atom. The van der Waals surface area contributed by atoms with Gasteiger partial charge in [-0.2, -0.15) is 0 Å². The van der Waals surface area contributed by atoms with E-state index in [9.17, 15) is 9.18 Å². The zero-order valence-corrected chi connectivity index (χ0v) is 14.2. The molecule has 1 unspecified atom stereocenters. The van der Waals surface area contributed by atoms with Gasteiger partial charge < -0.3 is 5.32 Å². The molecule has 120 valence electrons. The molecule has 0 aliphatic carbocycles. The second kappa shape index (κ2) is 7.36. The van der Waals surface area contributed by atoms with Crippen LogP contribution in [-0.2, 0) is 0 Å². The number of carbonyl (C=O) groups excluding carboxylic acids is 1. The Morgan fingerprint density at radius 1 is 1.04 bits per heavy atom. The molecule has 0 bridgehead atoms. The monoisotopic (exact) mass is 384 g/mol. The summed E-state index contributed by atoms with van der Waals surface area (Å²) in [6, 6.07) is 19.0. The highest BCUT2D eigenvalue weighted by molar-refractivity contribution is 9.10. The Labute approximate surface area is 147 Å². The molecule has 3 rings (SSSR count). The second-order valence-corrected chi connectivity index (χ2v) is 6.05. The van der Waals surface area contributed by atoms with Gasteiger partial charge in [-0.25, -0.2) is 4.39 Å². The minimum atomic E-state index is -0.475. The van der Waals surface area contributed by atoms with Crippen molar-refractivity contribution in [3.05, 3.63) is 100 Å². The molecule has 0 spiro atoms. The standard InChI is InChI=1S/C19H14BrFN2O/c20-15-10-9-14(12-16(15)21)19(24)23-18(13-6-2-1-3-7-13)17-8-4-5-11-22-17/h1-12,18H,(H,23,24). The fourth-order valence-corrected chi connectivity index (χ4v) is 2.62. The van der Waals surface area contributed by atoms with E-state index in [0.29, 0.717) is 4.47 Å². The summed E-state index contributed by atoms with van der Waals surface area (Å²) in [5.74, 6) is -0.836. The molecule has 3 nitrogen and oxygen atoms in total. The van der Waals surface area contributed by atoms with Crippen LogP contribution in [0.4, 0.5) is 4.39 Å². The predicted molar refractivity (Wildman–Crippen MR) is 94.1 cm³/mol. The van der Waals surface area contributed by atoms with Crippen molar-refractivity contribution >= 4 is 21.8 Å². The van der Waals surface area contributed by atoms with Gasteiger partial charge in [0.05, 0.1) is 16.2 Å². The summed E-state index contributed by atoms with van der Waals surface area (Å²) in [7, 11) is 0. The summed E-state index contributed by atoms with van der Waals surface area (Å²) in [6.45, 7) is 0. The highest BCUT2D eigenvalue weighted by Gasteiger charge is 2.19. The quantitative estimate of drug-likeness (QED) is 0.719. The van der Waals surface area contributed by atoms with Crippen molar-refractivity contribution in [2.45, 2.75) is 6.04 Å². The normalized spacial score (nSPS) is 11.8. The van der Waals surface area contributed by atoms with Gasteiger partial charge in [-0.3, -0.25) is 9.78 Å². The van der Waals surface area contributed by atoms with E-state index in [4.69, 9.17) is 0 Å². The van der Waals surface area contributed by atoms with E-state index in [2.05, 4.69) is 26.2 Å². The molecule has 0 fully saturated rings. The van der Waals surface area contributed by atoms with Crippen LogP contribution >= 0.6 is 15.9 Å². The van der Waals surface area contributed by atoms with Crippen molar-refractivity contribution < 1.29 is 9.18 Å². The van der Waals surface area contributed by atoms with Crippen molar-refractivity contribution in [3.8, 4) is 0 Å². The van der Waals surface area contributed by atoms with Crippen molar-refractivity contribution in [1.82, 2.24) is 10.3 Å². The number of aromatic nitrogens is 1. The lowest BCUT2D eigenvalue weighted by Crippen LogP contribution is -2.30. The molecular weight excluding hydrogens is 371 g/mol. The molecule has 3 aromatic rings. The molecule has 1 N–H and O–H groups in total. The molecule has 2 aromatic carbocycles. The number of amides is 1. The average molecular weight is 385 g/mol. The zero-order chi connectivity index (χ0) is 16.9. The molecule has 0 radical (unpaired) electrons. The lowest BCUT2D eigenvalue weighted by Gasteiger charge is -2.19. The molecule has 1 heterocycles. The summed E-state index contributed by atoms with van der Waals surface area (Å²) < 4.78 is 14.0. The van der Waals surface area contributed by atoms with Gasteiger partial charge in [-0.05, 0) is 51.8 Å². The van der Waals surface area contributed by atoms with E-state index in [0.717, 1.165) is 11.3 Å². The van der Waals surface area contributed by atoms with Gasteiger partial charge in [0.25, 0.3) is 5.91 Å². The van der Waals surface area contributed by atoms with Gasteiger partial charge in [0.2, 0.25) is 0 Å². The van der Waals surface area contributed by atoms with Gasteiger partial charge in [0.1, 0.15) is 5.82 Å². The molecule has 5 heteroatoms. The van der Waals surface area contributed by atoms with Crippen LogP contribution in [0.2, 0.25) is 0 Å². The lowest BCUT2D eigenvalue weighted by molar-refractivity contribution is 0.0942. The summed E-state index contributed by atoms with van der Waals surface area (Å²) in [4.78, 5) is 16.9. The second-order valence-electron chi connectivity index (χ2n) is 5.20. The van der Waals surface area contributed by atoms with Crippen LogP contribution in [0, 0.1) is 5.82 Å². The maximum absolute atomic E-state index is 13.7. The molecule has 0 aliphatic rings. The lowest BCUT2D eigenvalue weighted by atomic mass is 10.0. The van der Waals surface area contributed by atoms with Crippen LogP contribution in [0.5, 0.6) is 0 Å². The third-order valence-electron chi connectivity index (χ3n) is 3.57. The Bertz CT molecular complexity index is 801. The van der Waals surface area contributed by atoms with Crippen molar-refractivity contribution in [2.75, 3.05) is 0 Å². The van der Waals surface area contributed by atoms with Crippen LogP contribution in [0.3, 0.4) is 0 Å². The van der Waals surface area contributed by atoms with E-state index in [1.807, 2.05) is 48.5 Å². The SMILES string of the molecule is O=C(NC(c1ccccc1)c1ccccn1)c1ccc(Br)c(F)c1. The van der Waals surface area contributed by atoms with Crippen LogP contribution in [0.1, 0.15) is 27.7 Å². The van der Waals surface area contributed by atoms with E-state index in [1.165, 1.54) is 12.1 Å². The highest BCUT2D eigenvalue weighted by Crippen LogP contribution is 2.22. The predicted octanol–water partition coefficient (Wildman–Crippen LogP) is 4.50. The van der Waals surface area contributed by atoms with Crippen LogP contribution in [0.25, 0.3) is 0 Å². The maximum Gasteiger partial charge on any atom is 0.252 e. The molecule has 1 aromatic heterocycles. The van der Waals surface area contributed by atoms with Gasteiger partial charge in [0.15, 0.2) is 0 Å². The zero-order valence-electron chi connectivity index (χ0n) is 12.6. The van der Waals surface area contributed by atoms with Gasteiger partial charge in [-0.15, -0.1) is 0 Å². The summed E-state index contributed by atoms with van der Waals surface area (Å²) in [5.41, 5.74) is 1.88. The first-order valence-corrected chi connectivity index (χ1v) is 8.16. The fraction of sp³-hybridized carbons (Fsp3) is 0.0526. The van der Waals surface area contributed by atoms with E-state index in [1.54, 1.807) is 12.3 Å². The Morgan fingerprint density at radius 2 is 1.79 bits per heavy atom. The largest absolute Gasteiger partial charge is 0.340 e. The third kappa shape index (κ3) is 3.68. The number of pyridine rings is 1. The molecule has 0 saturated carbocycles. The highest BCUT2D eigenvalue weighted by atomic mass is 79.9. The first kappa shape index (κ1) is 16.3. The third-order valence-corrected chi connectivity index (χ3v) is 4.22. The Hall–Kier alpha value is -2.53. The summed E-state index contributed by atoms with van der Waals surface area (Å²) in [5, 5.41) is 2.93.